The third kappa shape index (κ3) is 7.63. The Morgan fingerprint density at radius 3 is 2.31 bits per heavy atom. The normalized spacial score (nSPS) is 16.4. The maximum atomic E-state index is 13.9. The fourth-order valence-electron chi connectivity index (χ4n) is 5.34. The summed E-state index contributed by atoms with van der Waals surface area (Å²) >= 11 is 0. The molecule has 1 fully saturated rings. The molecule has 198 valence electrons. The standard InChI is InChI=1S/C30H44N2O4/c1-23-12-10-15-31(21-23)16-11-17-32(22-30(2,3)20-24-13-8-7-9-14-24)29(33)25-18-26(34-4)28(36-6)27(19-25)35-5/h7-9,13-14,18-19,23H,10-12,15-17,20-22H2,1-6H3. The Labute approximate surface area is 217 Å². The van der Waals surface area contributed by atoms with Gasteiger partial charge in [-0.2, -0.15) is 0 Å². The number of methoxy groups -OCH3 is 3. The van der Waals surface area contributed by atoms with Gasteiger partial charge < -0.3 is 24.0 Å². The first kappa shape index (κ1) is 27.9. The monoisotopic (exact) mass is 496 g/mol. The van der Waals surface area contributed by atoms with Crippen LogP contribution in [-0.4, -0.2) is 69.8 Å². The predicted octanol–water partition coefficient (Wildman–Crippen LogP) is 5.55. The van der Waals surface area contributed by atoms with E-state index in [-0.39, 0.29) is 11.3 Å². The smallest absolute Gasteiger partial charge is 0.254 e. The molecule has 1 unspecified atom stereocenters. The second-order valence-electron chi connectivity index (χ2n) is 10.9. The summed E-state index contributed by atoms with van der Waals surface area (Å²) in [5, 5.41) is 0. The molecule has 1 saturated heterocycles. The average molecular weight is 497 g/mol. The molecule has 3 rings (SSSR count). The predicted molar refractivity (Wildman–Crippen MR) is 145 cm³/mol. The highest BCUT2D eigenvalue weighted by atomic mass is 16.5. The second kappa shape index (κ2) is 13.0. The molecule has 0 bridgehead atoms. The molecule has 0 radical (unpaired) electrons. The van der Waals surface area contributed by atoms with E-state index in [0.717, 1.165) is 38.4 Å². The van der Waals surface area contributed by atoms with E-state index < -0.39 is 0 Å². The molecule has 2 aromatic carbocycles. The number of benzene rings is 2. The zero-order chi connectivity index (χ0) is 26.1. The van der Waals surface area contributed by atoms with Gasteiger partial charge in [-0.15, -0.1) is 0 Å². The molecule has 0 N–H and O–H groups in total. The number of nitrogens with zero attached hydrogens (tertiary/aromatic N) is 2. The van der Waals surface area contributed by atoms with Crippen LogP contribution >= 0.6 is 0 Å². The van der Waals surface area contributed by atoms with Crippen molar-refractivity contribution in [2.24, 2.45) is 11.3 Å². The van der Waals surface area contributed by atoms with Crippen molar-refractivity contribution in [3.8, 4) is 17.2 Å². The van der Waals surface area contributed by atoms with Gasteiger partial charge in [0.05, 0.1) is 21.3 Å². The highest BCUT2D eigenvalue weighted by Crippen LogP contribution is 2.38. The minimum atomic E-state index is -0.0860. The fourth-order valence-corrected chi connectivity index (χ4v) is 5.34. The lowest BCUT2D eigenvalue weighted by molar-refractivity contribution is 0.0667. The number of likely N-dealkylation sites (tertiary alicyclic amines) is 1. The maximum Gasteiger partial charge on any atom is 0.254 e. The lowest BCUT2D eigenvalue weighted by Gasteiger charge is -2.35. The Hall–Kier alpha value is -2.73. The highest BCUT2D eigenvalue weighted by molar-refractivity contribution is 5.95. The molecule has 0 aliphatic carbocycles. The van der Waals surface area contributed by atoms with Crippen LogP contribution in [-0.2, 0) is 6.42 Å². The fraction of sp³-hybridized carbons (Fsp3) is 0.567. The minimum absolute atomic E-state index is 0.0117. The molecule has 36 heavy (non-hydrogen) atoms. The van der Waals surface area contributed by atoms with E-state index in [1.54, 1.807) is 33.5 Å². The van der Waals surface area contributed by atoms with Crippen LogP contribution in [0.1, 0.15) is 56.0 Å². The van der Waals surface area contributed by atoms with Crippen LogP contribution < -0.4 is 14.2 Å². The molecule has 6 nitrogen and oxygen atoms in total. The second-order valence-corrected chi connectivity index (χ2v) is 10.9. The molecule has 6 heteroatoms. The van der Waals surface area contributed by atoms with Gasteiger partial charge in [0.1, 0.15) is 0 Å². The van der Waals surface area contributed by atoms with Gasteiger partial charge in [0.25, 0.3) is 5.91 Å². The molecule has 1 heterocycles. The topological polar surface area (TPSA) is 51.2 Å². The molecule has 2 aromatic rings. The summed E-state index contributed by atoms with van der Waals surface area (Å²) < 4.78 is 16.5. The Morgan fingerprint density at radius 1 is 1.06 bits per heavy atom. The van der Waals surface area contributed by atoms with Gasteiger partial charge in [0.15, 0.2) is 11.5 Å². The number of hydrogen-bond acceptors (Lipinski definition) is 5. The summed E-state index contributed by atoms with van der Waals surface area (Å²) in [4.78, 5) is 18.5. The summed E-state index contributed by atoms with van der Waals surface area (Å²) in [5.41, 5.74) is 1.74. The van der Waals surface area contributed by atoms with Crippen molar-refractivity contribution in [2.75, 3.05) is 54.1 Å². The van der Waals surface area contributed by atoms with Gasteiger partial charge in [-0.05, 0) is 67.8 Å². The van der Waals surface area contributed by atoms with Gasteiger partial charge >= 0.3 is 0 Å². The van der Waals surface area contributed by atoms with E-state index in [9.17, 15) is 4.79 Å². The molecule has 1 aliphatic rings. The first-order chi connectivity index (χ1) is 17.3. The number of ether oxygens (including phenoxy) is 3. The number of amides is 1. The van der Waals surface area contributed by atoms with Crippen LogP contribution in [0.3, 0.4) is 0 Å². The quantitative estimate of drug-likeness (QED) is 0.386. The van der Waals surface area contributed by atoms with Crippen LogP contribution in [0, 0.1) is 11.3 Å². The summed E-state index contributed by atoms with van der Waals surface area (Å²) in [5.74, 6) is 2.21. The van der Waals surface area contributed by atoms with Crippen LogP contribution in [0.25, 0.3) is 0 Å². The van der Waals surface area contributed by atoms with Gasteiger partial charge in [0, 0.05) is 25.2 Å². The molecule has 1 aliphatic heterocycles. The van der Waals surface area contributed by atoms with Gasteiger partial charge in [-0.1, -0.05) is 51.1 Å². The number of piperidine rings is 1. The first-order valence-corrected chi connectivity index (χ1v) is 13.1. The van der Waals surface area contributed by atoms with Gasteiger partial charge in [-0.3, -0.25) is 4.79 Å². The van der Waals surface area contributed by atoms with E-state index in [1.165, 1.54) is 18.4 Å². The number of rotatable bonds is 12. The lowest BCUT2D eigenvalue weighted by Crippen LogP contribution is -2.42. The van der Waals surface area contributed by atoms with Crippen molar-refractivity contribution in [3.05, 3.63) is 53.6 Å². The summed E-state index contributed by atoms with van der Waals surface area (Å²) in [7, 11) is 4.72. The molecular formula is C30H44N2O4. The van der Waals surface area contributed by atoms with Gasteiger partial charge in [0.2, 0.25) is 5.75 Å². The van der Waals surface area contributed by atoms with E-state index >= 15 is 0 Å². The number of carbonyl (C=O) groups is 1. The van der Waals surface area contributed by atoms with Crippen LogP contribution in [0.4, 0.5) is 0 Å². The van der Waals surface area contributed by atoms with Crippen molar-refractivity contribution < 1.29 is 19.0 Å². The zero-order valence-electron chi connectivity index (χ0n) is 23.0. The van der Waals surface area contributed by atoms with Gasteiger partial charge in [-0.25, -0.2) is 0 Å². The molecule has 1 amide bonds. The molecular weight excluding hydrogens is 452 g/mol. The van der Waals surface area contributed by atoms with Crippen molar-refractivity contribution in [1.29, 1.82) is 0 Å². The largest absolute Gasteiger partial charge is 0.493 e. The van der Waals surface area contributed by atoms with Crippen molar-refractivity contribution in [3.63, 3.8) is 0 Å². The Bertz CT molecular complexity index is 951. The third-order valence-corrected chi connectivity index (χ3v) is 6.99. The zero-order valence-corrected chi connectivity index (χ0v) is 23.0. The summed E-state index contributed by atoms with van der Waals surface area (Å²) in [6.07, 6.45) is 4.43. The highest BCUT2D eigenvalue weighted by Gasteiger charge is 2.28. The Balaban J connectivity index is 1.81. The molecule has 0 spiro atoms. The van der Waals surface area contributed by atoms with E-state index in [4.69, 9.17) is 14.2 Å². The molecule has 0 saturated carbocycles. The van der Waals surface area contributed by atoms with Crippen LogP contribution in [0.2, 0.25) is 0 Å². The summed E-state index contributed by atoms with van der Waals surface area (Å²) in [6, 6.07) is 14.0. The maximum absolute atomic E-state index is 13.9. The first-order valence-electron chi connectivity index (χ1n) is 13.1. The molecule has 0 aromatic heterocycles. The van der Waals surface area contributed by atoms with E-state index in [0.29, 0.717) is 35.9 Å². The number of carbonyl (C=O) groups excluding carboxylic acids is 1. The average Bonchev–Trinajstić information content (AvgIpc) is 2.87. The SMILES string of the molecule is COc1cc(C(=O)N(CCCN2CCCC(C)C2)CC(C)(C)Cc2ccccc2)cc(OC)c1OC. The van der Waals surface area contributed by atoms with Crippen LogP contribution in [0.15, 0.2) is 42.5 Å². The Kier molecular flexibility index (Phi) is 10.1. The van der Waals surface area contributed by atoms with Crippen molar-refractivity contribution in [2.45, 2.75) is 46.5 Å². The van der Waals surface area contributed by atoms with E-state index in [2.05, 4.69) is 49.9 Å². The number of hydrogen-bond donors (Lipinski definition) is 0. The lowest BCUT2D eigenvalue weighted by atomic mass is 9.85. The van der Waals surface area contributed by atoms with Crippen molar-refractivity contribution >= 4 is 5.91 Å². The molecule has 1 atom stereocenters. The third-order valence-electron chi connectivity index (χ3n) is 6.99. The Morgan fingerprint density at radius 2 is 1.72 bits per heavy atom. The van der Waals surface area contributed by atoms with Crippen molar-refractivity contribution in [1.82, 2.24) is 9.80 Å². The minimum Gasteiger partial charge on any atom is -0.493 e. The van der Waals surface area contributed by atoms with Crippen LogP contribution in [0.5, 0.6) is 17.2 Å². The summed E-state index contributed by atoms with van der Waals surface area (Å²) in [6.45, 7) is 11.5. The van der Waals surface area contributed by atoms with E-state index in [1.807, 2.05) is 11.0 Å².